The maximum absolute atomic E-state index is 11.6. The van der Waals surface area contributed by atoms with Crippen LogP contribution < -0.4 is 10.9 Å². The van der Waals surface area contributed by atoms with Crippen molar-refractivity contribution in [3.63, 3.8) is 0 Å². The van der Waals surface area contributed by atoms with Crippen LogP contribution in [0.5, 0.6) is 0 Å². The molecule has 0 unspecified atom stereocenters. The van der Waals surface area contributed by atoms with Crippen molar-refractivity contribution in [3.05, 3.63) is 18.3 Å². The van der Waals surface area contributed by atoms with E-state index < -0.39 is 0 Å². The lowest BCUT2D eigenvalue weighted by Crippen LogP contribution is -2.30. The molecule has 1 N–H and O–H groups in total. The molecule has 1 heterocycles. The molecular formula is C10H15BN2O. The van der Waals surface area contributed by atoms with Gasteiger partial charge in [0.15, 0.2) is 7.85 Å². The summed E-state index contributed by atoms with van der Waals surface area (Å²) in [7, 11) is 1.87. The number of carbonyl (C=O) groups excluding carboxylic acids is 1. The van der Waals surface area contributed by atoms with Crippen LogP contribution in [-0.4, -0.2) is 18.7 Å². The first-order valence-electron chi connectivity index (χ1n) is 4.64. The van der Waals surface area contributed by atoms with Crippen molar-refractivity contribution in [2.45, 2.75) is 20.8 Å². The minimum atomic E-state index is -0.373. The topological polar surface area (TPSA) is 42.0 Å². The van der Waals surface area contributed by atoms with Crippen molar-refractivity contribution in [2.75, 3.05) is 5.32 Å². The summed E-state index contributed by atoms with van der Waals surface area (Å²) >= 11 is 0. The fourth-order valence-electron chi connectivity index (χ4n) is 0.926. The highest BCUT2D eigenvalue weighted by atomic mass is 16.2. The Hall–Kier alpha value is -1.32. The minimum Gasteiger partial charge on any atom is -0.325 e. The van der Waals surface area contributed by atoms with E-state index in [2.05, 4.69) is 10.3 Å². The van der Waals surface area contributed by atoms with E-state index in [9.17, 15) is 4.79 Å². The molecule has 1 aromatic rings. The Labute approximate surface area is 85.3 Å². The van der Waals surface area contributed by atoms with Gasteiger partial charge >= 0.3 is 0 Å². The van der Waals surface area contributed by atoms with E-state index in [1.165, 1.54) is 0 Å². The molecule has 1 amide bonds. The third-order valence-electron chi connectivity index (χ3n) is 1.94. The van der Waals surface area contributed by atoms with Crippen LogP contribution in [0.15, 0.2) is 18.3 Å². The summed E-state index contributed by atoms with van der Waals surface area (Å²) in [5.74, 6) is 0.00796. The zero-order valence-corrected chi connectivity index (χ0v) is 9.09. The number of rotatable bonds is 1. The maximum atomic E-state index is 11.6. The number of carbonyl (C=O) groups is 1. The van der Waals surface area contributed by atoms with Crippen LogP contribution in [0.2, 0.25) is 0 Å². The summed E-state index contributed by atoms with van der Waals surface area (Å²) in [6.45, 7) is 5.65. The molecule has 0 bridgehead atoms. The zero-order valence-electron chi connectivity index (χ0n) is 9.09. The van der Waals surface area contributed by atoms with E-state index in [1.807, 2.05) is 40.8 Å². The second-order valence-electron chi connectivity index (χ2n) is 4.34. The number of hydrogen-bond acceptors (Lipinski definition) is 2. The Bertz CT molecular complexity index is 344. The molecule has 0 spiro atoms. The molecule has 1 aromatic heterocycles. The number of nitrogens with zero attached hydrogens (tertiary/aromatic N) is 1. The first kappa shape index (κ1) is 10.8. The molecule has 0 fully saturated rings. The van der Waals surface area contributed by atoms with Gasteiger partial charge in [-0.05, 0) is 12.1 Å². The van der Waals surface area contributed by atoms with Crippen molar-refractivity contribution in [1.82, 2.24) is 4.98 Å². The van der Waals surface area contributed by atoms with Crippen molar-refractivity contribution in [2.24, 2.45) is 5.41 Å². The largest absolute Gasteiger partial charge is 0.325 e. The van der Waals surface area contributed by atoms with Crippen molar-refractivity contribution in [1.29, 1.82) is 0 Å². The minimum absolute atomic E-state index is 0.00796. The first-order chi connectivity index (χ1) is 6.41. The van der Waals surface area contributed by atoms with E-state index >= 15 is 0 Å². The standard InChI is InChI=1S/C10H15BN2O/c1-10(2,3)9(14)13-7-5-4-6-12-8(7)11/h4-6H,11H2,1-3H3,(H,13,14). The molecule has 0 aromatic carbocycles. The monoisotopic (exact) mass is 190 g/mol. The Morgan fingerprint density at radius 3 is 2.64 bits per heavy atom. The zero-order chi connectivity index (χ0) is 10.8. The van der Waals surface area contributed by atoms with Gasteiger partial charge in [-0.15, -0.1) is 0 Å². The van der Waals surface area contributed by atoms with Gasteiger partial charge in [-0.1, -0.05) is 20.8 Å². The van der Waals surface area contributed by atoms with Crippen molar-refractivity contribution < 1.29 is 4.79 Å². The molecule has 0 aliphatic rings. The lowest BCUT2D eigenvalue weighted by Gasteiger charge is -2.18. The molecule has 3 nitrogen and oxygen atoms in total. The molecule has 0 atom stereocenters. The molecule has 1 rings (SSSR count). The molecule has 4 heteroatoms. The molecular weight excluding hydrogens is 175 g/mol. The molecule has 0 saturated heterocycles. The first-order valence-corrected chi connectivity index (χ1v) is 4.64. The van der Waals surface area contributed by atoms with Crippen LogP contribution in [0, 0.1) is 5.41 Å². The van der Waals surface area contributed by atoms with Crippen molar-refractivity contribution >= 4 is 25.0 Å². The lowest BCUT2D eigenvalue weighted by atomic mass is 9.94. The molecule has 14 heavy (non-hydrogen) atoms. The van der Waals surface area contributed by atoms with Gasteiger partial charge in [-0.3, -0.25) is 9.78 Å². The quantitative estimate of drug-likeness (QED) is 0.648. The van der Waals surface area contributed by atoms with E-state index in [0.717, 1.165) is 11.3 Å². The Morgan fingerprint density at radius 2 is 2.14 bits per heavy atom. The number of pyridine rings is 1. The summed E-state index contributed by atoms with van der Waals surface area (Å²) in [5, 5.41) is 2.85. The highest BCUT2D eigenvalue weighted by Crippen LogP contribution is 2.15. The van der Waals surface area contributed by atoms with E-state index in [4.69, 9.17) is 0 Å². The van der Waals surface area contributed by atoms with Gasteiger partial charge in [-0.25, -0.2) is 0 Å². The molecule has 0 aliphatic heterocycles. The average molecular weight is 190 g/mol. The predicted octanol–water partition coefficient (Wildman–Crippen LogP) is 0.325. The lowest BCUT2D eigenvalue weighted by molar-refractivity contribution is -0.123. The van der Waals surface area contributed by atoms with Gasteiger partial charge < -0.3 is 5.32 Å². The number of nitrogens with one attached hydrogen (secondary N) is 1. The highest BCUT2D eigenvalue weighted by molar-refractivity contribution is 6.34. The number of amides is 1. The van der Waals surface area contributed by atoms with Gasteiger partial charge in [0, 0.05) is 17.2 Å². The Kier molecular flexibility index (Phi) is 2.94. The van der Waals surface area contributed by atoms with E-state index in [1.54, 1.807) is 6.20 Å². The predicted molar refractivity (Wildman–Crippen MR) is 60.5 cm³/mol. The molecule has 0 saturated carbocycles. The average Bonchev–Trinajstić information content (AvgIpc) is 2.07. The normalized spacial score (nSPS) is 11.1. The summed E-state index contributed by atoms with van der Waals surface area (Å²) in [6, 6.07) is 3.66. The van der Waals surface area contributed by atoms with Crippen LogP contribution in [0.25, 0.3) is 0 Å². The summed E-state index contributed by atoms with van der Waals surface area (Å²) in [5.41, 5.74) is 1.25. The third-order valence-corrected chi connectivity index (χ3v) is 1.94. The van der Waals surface area contributed by atoms with Gasteiger partial charge in [0.05, 0.1) is 5.69 Å². The molecule has 0 aliphatic carbocycles. The van der Waals surface area contributed by atoms with Crippen LogP contribution in [-0.2, 0) is 4.79 Å². The number of aromatic nitrogens is 1. The number of hydrogen-bond donors (Lipinski definition) is 1. The van der Waals surface area contributed by atoms with E-state index in [0.29, 0.717) is 0 Å². The highest BCUT2D eigenvalue weighted by Gasteiger charge is 2.21. The SMILES string of the molecule is Bc1ncccc1NC(=O)C(C)(C)C. The fraction of sp³-hybridized carbons (Fsp3) is 0.400. The van der Waals surface area contributed by atoms with Crippen LogP contribution in [0.1, 0.15) is 20.8 Å². The van der Waals surface area contributed by atoms with Crippen molar-refractivity contribution in [3.8, 4) is 0 Å². The number of anilines is 1. The second-order valence-corrected chi connectivity index (χ2v) is 4.34. The second kappa shape index (κ2) is 3.82. The van der Waals surface area contributed by atoms with Gasteiger partial charge in [-0.2, -0.15) is 0 Å². The summed E-state index contributed by atoms with van der Waals surface area (Å²) < 4.78 is 0. The third kappa shape index (κ3) is 2.59. The molecule has 74 valence electrons. The Balaban J connectivity index is 2.80. The summed E-state index contributed by atoms with van der Waals surface area (Å²) in [4.78, 5) is 15.7. The summed E-state index contributed by atoms with van der Waals surface area (Å²) in [6.07, 6.45) is 1.71. The van der Waals surface area contributed by atoms with Crippen LogP contribution in [0.3, 0.4) is 0 Å². The smallest absolute Gasteiger partial charge is 0.229 e. The molecule has 0 radical (unpaired) electrons. The maximum Gasteiger partial charge on any atom is 0.229 e. The van der Waals surface area contributed by atoms with Crippen LogP contribution in [0.4, 0.5) is 5.69 Å². The fourth-order valence-corrected chi connectivity index (χ4v) is 0.926. The van der Waals surface area contributed by atoms with Crippen LogP contribution >= 0.6 is 0 Å². The Morgan fingerprint density at radius 1 is 1.50 bits per heavy atom. The van der Waals surface area contributed by atoms with Gasteiger partial charge in [0.2, 0.25) is 5.91 Å². The van der Waals surface area contributed by atoms with Gasteiger partial charge in [0.1, 0.15) is 0 Å². The van der Waals surface area contributed by atoms with E-state index in [-0.39, 0.29) is 11.3 Å². The van der Waals surface area contributed by atoms with Gasteiger partial charge in [0.25, 0.3) is 0 Å².